The van der Waals surface area contributed by atoms with Crippen molar-refractivity contribution in [1.29, 1.82) is 0 Å². The van der Waals surface area contributed by atoms with Gasteiger partial charge in [0.05, 0.1) is 19.1 Å². The number of halogens is 1. The van der Waals surface area contributed by atoms with Crippen molar-refractivity contribution in [2.45, 2.75) is 23.8 Å². The topological polar surface area (TPSA) is 97.0 Å². The Balaban J connectivity index is 1.54. The van der Waals surface area contributed by atoms with Crippen molar-refractivity contribution >= 4 is 21.7 Å². The van der Waals surface area contributed by atoms with Crippen molar-refractivity contribution < 1.29 is 27.1 Å². The van der Waals surface area contributed by atoms with Gasteiger partial charge in [-0.1, -0.05) is 0 Å². The van der Waals surface area contributed by atoms with Crippen LogP contribution in [0.3, 0.4) is 0 Å². The summed E-state index contributed by atoms with van der Waals surface area (Å²) in [6.45, 7) is 0.530. The Hall–Kier alpha value is -2.85. The zero-order chi connectivity index (χ0) is 21.7. The minimum Gasteiger partial charge on any atom is -0.493 e. The van der Waals surface area contributed by atoms with E-state index in [1.165, 1.54) is 30.7 Å². The lowest BCUT2D eigenvalue weighted by atomic mass is 10.1. The lowest BCUT2D eigenvalue weighted by Gasteiger charge is -2.31. The minimum absolute atomic E-state index is 0.0569. The van der Waals surface area contributed by atoms with Crippen LogP contribution in [-0.4, -0.2) is 52.1 Å². The maximum atomic E-state index is 13.1. The molecule has 0 bridgehead atoms. The van der Waals surface area contributed by atoms with Crippen LogP contribution in [0.15, 0.2) is 47.4 Å². The van der Waals surface area contributed by atoms with Gasteiger partial charge in [-0.15, -0.1) is 0 Å². The Kier molecular flexibility index (Phi) is 6.78. The first-order chi connectivity index (χ1) is 14.3. The third-order valence-electron chi connectivity index (χ3n) is 4.88. The molecule has 2 N–H and O–H groups in total. The summed E-state index contributed by atoms with van der Waals surface area (Å²) in [5.74, 6) is 0.560. The van der Waals surface area contributed by atoms with Crippen LogP contribution < -0.4 is 20.1 Å². The first kappa shape index (κ1) is 21.8. The zero-order valence-electron chi connectivity index (χ0n) is 16.7. The van der Waals surface area contributed by atoms with Gasteiger partial charge in [0.15, 0.2) is 11.5 Å². The molecule has 1 aliphatic rings. The van der Waals surface area contributed by atoms with Gasteiger partial charge >= 0.3 is 6.03 Å². The van der Waals surface area contributed by atoms with Crippen molar-refractivity contribution in [3.63, 3.8) is 0 Å². The van der Waals surface area contributed by atoms with E-state index >= 15 is 0 Å². The summed E-state index contributed by atoms with van der Waals surface area (Å²) in [7, 11) is -0.644. The monoisotopic (exact) mass is 437 g/mol. The van der Waals surface area contributed by atoms with Gasteiger partial charge < -0.3 is 20.1 Å². The maximum absolute atomic E-state index is 13.1. The second-order valence-corrected chi connectivity index (χ2v) is 8.74. The maximum Gasteiger partial charge on any atom is 0.319 e. The minimum atomic E-state index is -3.68. The van der Waals surface area contributed by atoms with Gasteiger partial charge in [-0.2, -0.15) is 4.31 Å². The first-order valence-electron chi connectivity index (χ1n) is 9.38. The molecule has 1 fully saturated rings. The summed E-state index contributed by atoms with van der Waals surface area (Å²) in [6, 6.07) is 9.24. The summed E-state index contributed by atoms with van der Waals surface area (Å²) in [4.78, 5) is 12.4. The van der Waals surface area contributed by atoms with Crippen LogP contribution in [0.4, 0.5) is 14.9 Å². The number of ether oxygens (including phenoxy) is 2. The lowest BCUT2D eigenvalue weighted by molar-refractivity contribution is 0.238. The fraction of sp³-hybridized carbons (Fsp3) is 0.350. The zero-order valence-corrected chi connectivity index (χ0v) is 17.5. The molecule has 0 unspecified atom stereocenters. The number of urea groups is 1. The molecule has 10 heteroatoms. The Morgan fingerprint density at radius 2 is 1.67 bits per heavy atom. The second-order valence-electron chi connectivity index (χ2n) is 6.80. The molecule has 1 saturated heterocycles. The average molecular weight is 437 g/mol. The first-order valence-corrected chi connectivity index (χ1v) is 10.8. The van der Waals surface area contributed by atoms with Crippen molar-refractivity contribution in [1.82, 2.24) is 9.62 Å². The summed E-state index contributed by atoms with van der Waals surface area (Å²) >= 11 is 0. The number of sulfonamides is 1. The van der Waals surface area contributed by atoms with E-state index in [1.54, 1.807) is 18.2 Å². The number of rotatable bonds is 6. The lowest BCUT2D eigenvalue weighted by Crippen LogP contribution is -2.47. The van der Waals surface area contributed by atoms with E-state index in [0.717, 1.165) is 12.1 Å². The molecule has 0 aromatic heterocycles. The summed E-state index contributed by atoms with van der Waals surface area (Å²) < 4.78 is 50.1. The number of methoxy groups -OCH3 is 2. The Labute approximate surface area is 175 Å². The van der Waals surface area contributed by atoms with Gasteiger partial charge in [0.2, 0.25) is 10.0 Å². The highest BCUT2D eigenvalue weighted by atomic mass is 32.2. The highest BCUT2D eigenvalue weighted by Crippen LogP contribution is 2.29. The predicted octanol–water partition coefficient (Wildman–Crippen LogP) is 2.82. The Bertz CT molecular complexity index is 990. The molecule has 30 heavy (non-hydrogen) atoms. The molecule has 3 rings (SSSR count). The molecular weight excluding hydrogens is 413 g/mol. The van der Waals surface area contributed by atoms with Gasteiger partial charge in [0.1, 0.15) is 5.82 Å². The number of hydrogen-bond acceptors (Lipinski definition) is 5. The predicted molar refractivity (Wildman–Crippen MR) is 110 cm³/mol. The van der Waals surface area contributed by atoms with Crippen LogP contribution in [0.2, 0.25) is 0 Å². The molecule has 0 atom stereocenters. The van der Waals surface area contributed by atoms with E-state index in [0.29, 0.717) is 30.0 Å². The third kappa shape index (κ3) is 5.00. The number of carbonyl (C=O) groups is 1. The van der Waals surface area contributed by atoms with Crippen molar-refractivity contribution in [2.24, 2.45) is 0 Å². The molecule has 2 aromatic rings. The quantitative estimate of drug-likeness (QED) is 0.724. The fourth-order valence-electron chi connectivity index (χ4n) is 3.26. The largest absolute Gasteiger partial charge is 0.493 e. The number of carbonyl (C=O) groups excluding carboxylic acids is 1. The van der Waals surface area contributed by atoms with Gasteiger partial charge in [0, 0.05) is 30.9 Å². The highest BCUT2D eigenvalue weighted by molar-refractivity contribution is 7.89. The molecule has 1 heterocycles. The van der Waals surface area contributed by atoms with Gasteiger partial charge in [0.25, 0.3) is 0 Å². The molecule has 1 aliphatic heterocycles. The van der Waals surface area contributed by atoms with E-state index in [4.69, 9.17) is 9.47 Å². The Morgan fingerprint density at radius 3 is 2.27 bits per heavy atom. The number of amides is 2. The highest BCUT2D eigenvalue weighted by Gasteiger charge is 2.30. The number of nitrogens with zero attached hydrogens (tertiary/aromatic N) is 1. The molecule has 0 saturated carbocycles. The number of hydrogen-bond donors (Lipinski definition) is 2. The van der Waals surface area contributed by atoms with Crippen LogP contribution in [0.1, 0.15) is 12.8 Å². The smallest absolute Gasteiger partial charge is 0.319 e. The number of nitrogens with one attached hydrogen (secondary N) is 2. The van der Waals surface area contributed by atoms with Crippen LogP contribution >= 0.6 is 0 Å². The third-order valence-corrected chi connectivity index (χ3v) is 6.79. The van der Waals surface area contributed by atoms with E-state index in [1.807, 2.05) is 0 Å². The van der Waals surface area contributed by atoms with Crippen molar-refractivity contribution in [3.8, 4) is 11.5 Å². The van der Waals surface area contributed by atoms with Crippen LogP contribution in [-0.2, 0) is 10.0 Å². The molecule has 0 spiro atoms. The normalized spacial score (nSPS) is 15.4. The molecule has 8 nitrogen and oxygen atoms in total. The molecule has 2 amide bonds. The van der Waals surface area contributed by atoms with Gasteiger partial charge in [-0.3, -0.25) is 0 Å². The van der Waals surface area contributed by atoms with Crippen molar-refractivity contribution in [3.05, 3.63) is 48.3 Å². The van der Waals surface area contributed by atoms with Crippen LogP contribution in [0.25, 0.3) is 0 Å². The standard InChI is InChI=1S/C20H24FN3O5S/c1-28-18-8-5-16(13-19(18)29-2)23-20(25)22-15-9-11-24(12-10-15)30(26,27)17-6-3-14(21)4-7-17/h3-8,13,15H,9-12H2,1-2H3,(H2,22,23,25). The van der Waals surface area contributed by atoms with Crippen LogP contribution in [0, 0.1) is 5.82 Å². The van der Waals surface area contributed by atoms with E-state index in [-0.39, 0.29) is 30.1 Å². The summed E-state index contributed by atoms with van der Waals surface area (Å²) in [5.41, 5.74) is 0.543. The summed E-state index contributed by atoms with van der Waals surface area (Å²) in [5, 5.41) is 5.59. The van der Waals surface area contributed by atoms with Crippen LogP contribution in [0.5, 0.6) is 11.5 Å². The van der Waals surface area contributed by atoms with Gasteiger partial charge in [-0.05, 0) is 49.2 Å². The molecule has 2 aromatic carbocycles. The molecule has 0 aliphatic carbocycles. The SMILES string of the molecule is COc1ccc(NC(=O)NC2CCN(S(=O)(=O)c3ccc(F)cc3)CC2)cc1OC. The molecule has 162 valence electrons. The number of anilines is 1. The number of benzene rings is 2. The van der Waals surface area contributed by atoms with E-state index < -0.39 is 15.8 Å². The van der Waals surface area contributed by atoms with E-state index in [2.05, 4.69) is 10.6 Å². The molecular formula is C20H24FN3O5S. The average Bonchev–Trinajstić information content (AvgIpc) is 2.74. The van der Waals surface area contributed by atoms with E-state index in [9.17, 15) is 17.6 Å². The second kappa shape index (κ2) is 9.31. The van der Waals surface area contributed by atoms with Crippen molar-refractivity contribution in [2.75, 3.05) is 32.6 Å². The molecule has 0 radical (unpaired) electrons. The van der Waals surface area contributed by atoms with Gasteiger partial charge in [-0.25, -0.2) is 17.6 Å². The Morgan fingerprint density at radius 1 is 1.03 bits per heavy atom. The number of piperidine rings is 1. The fourth-order valence-corrected chi connectivity index (χ4v) is 4.73. The summed E-state index contributed by atoms with van der Waals surface area (Å²) in [6.07, 6.45) is 0.944.